The fourth-order valence-electron chi connectivity index (χ4n) is 0.576. The molecule has 4 nitrogen and oxygen atoms in total. The molecule has 0 fully saturated rings. The minimum Gasteiger partial charge on any atom is -1.00 e. The molecule has 0 heterocycles. The predicted molar refractivity (Wildman–Crippen MR) is 58.4 cm³/mol. The van der Waals surface area contributed by atoms with Gasteiger partial charge in [-0.3, -0.25) is 0 Å². The maximum absolute atomic E-state index is 10.2. The van der Waals surface area contributed by atoms with E-state index in [1.165, 1.54) is 0 Å². The molecule has 0 aliphatic carbocycles. The number of carbonyl (C=O) groups excluding carboxylic acids is 2. The molecule has 0 atom stereocenters. The first-order chi connectivity index (χ1) is 6.62. The third-order valence-corrected chi connectivity index (χ3v) is 1.27. The molecular formula is C10H20F2HfN2O2. The number of carbonyl (C=O) groups is 2. The minimum absolute atomic E-state index is 0. The van der Waals surface area contributed by atoms with Crippen LogP contribution in [0.1, 0.15) is 40.5 Å². The molecule has 2 amide bonds. The summed E-state index contributed by atoms with van der Waals surface area (Å²) in [6, 6.07) is 0. The monoisotopic (exact) mass is 418 g/mol. The molecule has 0 N–H and O–H groups in total. The molecule has 100 valence electrons. The van der Waals surface area contributed by atoms with Gasteiger partial charge < -0.3 is 29.6 Å². The fraction of sp³-hybridized carbons (Fsp3) is 0.800. The normalized spacial score (nSPS) is 6.82. The second-order valence-corrected chi connectivity index (χ2v) is 2.44. The van der Waals surface area contributed by atoms with Crippen molar-refractivity contribution in [3.05, 3.63) is 10.6 Å². The number of rotatable bonds is 4. The number of hydrogen-bond acceptors (Lipinski definition) is 2. The van der Waals surface area contributed by atoms with Crippen molar-refractivity contribution >= 4 is 11.8 Å². The van der Waals surface area contributed by atoms with Gasteiger partial charge in [0.15, 0.2) is 0 Å². The first-order valence-corrected chi connectivity index (χ1v) is 5.02. The van der Waals surface area contributed by atoms with Gasteiger partial charge in [0.2, 0.25) is 0 Å². The predicted octanol–water partition coefficient (Wildman–Crippen LogP) is -3.36. The van der Waals surface area contributed by atoms with Crippen LogP contribution in [0.15, 0.2) is 0 Å². The van der Waals surface area contributed by atoms with Gasteiger partial charge in [-0.2, -0.15) is 0 Å². The Morgan fingerprint density at radius 1 is 0.765 bits per heavy atom. The Balaban J connectivity index is -0.0000000480. The first kappa shape index (κ1) is 30.1. The molecule has 0 rings (SSSR count). The zero-order valence-electron chi connectivity index (χ0n) is 10.8. The zero-order valence-corrected chi connectivity index (χ0v) is 14.4. The Bertz CT molecular complexity index is 154. The van der Waals surface area contributed by atoms with Crippen LogP contribution in [-0.4, -0.2) is 24.9 Å². The molecule has 0 radical (unpaired) electrons. The van der Waals surface area contributed by atoms with Crippen molar-refractivity contribution in [3.8, 4) is 0 Å². The van der Waals surface area contributed by atoms with E-state index in [4.69, 9.17) is 0 Å². The molecule has 0 saturated carbocycles. The van der Waals surface area contributed by atoms with Crippen LogP contribution in [0.4, 0.5) is 0 Å². The molecule has 0 aromatic carbocycles. The van der Waals surface area contributed by atoms with Gasteiger partial charge in [0.05, 0.1) is 11.8 Å². The Labute approximate surface area is 121 Å². The second-order valence-electron chi connectivity index (χ2n) is 2.44. The van der Waals surface area contributed by atoms with Gasteiger partial charge in [0.1, 0.15) is 0 Å². The second kappa shape index (κ2) is 24.8. The molecular weight excluding hydrogens is 397 g/mol. The summed E-state index contributed by atoms with van der Waals surface area (Å²) < 4.78 is 0. The average Bonchev–Trinajstić information content (AvgIpc) is 2.19. The average molecular weight is 417 g/mol. The summed E-state index contributed by atoms with van der Waals surface area (Å²) in [5.41, 5.74) is 0. The van der Waals surface area contributed by atoms with Gasteiger partial charge in [-0.25, -0.2) is 0 Å². The molecule has 0 aromatic rings. The van der Waals surface area contributed by atoms with Crippen molar-refractivity contribution < 1.29 is 44.8 Å². The molecule has 0 spiro atoms. The van der Waals surface area contributed by atoms with Gasteiger partial charge in [-0.1, -0.05) is 27.7 Å². The van der Waals surface area contributed by atoms with Crippen molar-refractivity contribution in [2.75, 3.05) is 13.1 Å². The number of nitrogens with zero attached hydrogens (tertiary/aromatic N) is 2. The third kappa shape index (κ3) is 31.3. The van der Waals surface area contributed by atoms with Crippen LogP contribution >= 0.6 is 0 Å². The van der Waals surface area contributed by atoms with Gasteiger partial charge >= 0.3 is 25.8 Å². The Morgan fingerprint density at radius 3 is 1.06 bits per heavy atom. The largest absolute Gasteiger partial charge is 4.00 e. The van der Waals surface area contributed by atoms with E-state index in [-0.39, 0.29) is 47.1 Å². The van der Waals surface area contributed by atoms with Crippen LogP contribution in [-0.2, 0) is 35.4 Å². The minimum atomic E-state index is 0. The van der Waals surface area contributed by atoms with Crippen LogP contribution < -0.4 is 9.41 Å². The van der Waals surface area contributed by atoms with E-state index in [0.717, 1.165) is 0 Å². The molecule has 0 bridgehead atoms. The zero-order chi connectivity index (χ0) is 11.4. The maximum atomic E-state index is 10.2. The molecule has 0 aliphatic rings. The summed E-state index contributed by atoms with van der Waals surface area (Å²) in [6.45, 7) is 8.56. The molecule has 0 aliphatic heterocycles. The molecule has 0 unspecified atom stereocenters. The van der Waals surface area contributed by atoms with E-state index in [9.17, 15) is 9.59 Å². The standard InChI is InChI=1S/2C5H11NO.2FH.Hf/c2*1-3-5(7)6-4-2;;;/h2*3-4H2,1-2H3,(H,6,7);2*1H;/q;;;;+4/p-4. The Hall–Kier alpha value is -0.330. The summed E-state index contributed by atoms with van der Waals surface area (Å²) in [6.07, 6.45) is 1.07. The maximum Gasteiger partial charge on any atom is 4.00 e. The van der Waals surface area contributed by atoms with Crippen LogP contribution in [0.2, 0.25) is 0 Å². The molecule has 0 saturated heterocycles. The van der Waals surface area contributed by atoms with E-state index in [2.05, 4.69) is 10.6 Å². The van der Waals surface area contributed by atoms with E-state index in [1.807, 2.05) is 27.7 Å². The van der Waals surface area contributed by atoms with Crippen LogP contribution in [0.3, 0.4) is 0 Å². The quantitative estimate of drug-likeness (QED) is 0.449. The summed E-state index contributed by atoms with van der Waals surface area (Å²) in [7, 11) is 0. The Morgan fingerprint density at radius 2 is 1.00 bits per heavy atom. The van der Waals surface area contributed by atoms with Crippen molar-refractivity contribution in [2.24, 2.45) is 0 Å². The van der Waals surface area contributed by atoms with Gasteiger partial charge in [-0.15, -0.1) is 13.1 Å². The molecule has 0 aromatic heterocycles. The van der Waals surface area contributed by atoms with E-state index in [0.29, 0.717) is 25.9 Å². The van der Waals surface area contributed by atoms with Gasteiger partial charge in [0, 0.05) is 0 Å². The van der Waals surface area contributed by atoms with Gasteiger partial charge in [-0.05, 0) is 12.8 Å². The summed E-state index contributed by atoms with van der Waals surface area (Å²) in [5.74, 6) is 0.00463. The van der Waals surface area contributed by atoms with Crippen molar-refractivity contribution in [1.29, 1.82) is 0 Å². The summed E-state index contributed by atoms with van der Waals surface area (Å²) >= 11 is 0. The van der Waals surface area contributed by atoms with Gasteiger partial charge in [0.25, 0.3) is 0 Å². The summed E-state index contributed by atoms with van der Waals surface area (Å²) in [4.78, 5) is 20.5. The smallest absolute Gasteiger partial charge is 1.00 e. The topological polar surface area (TPSA) is 62.3 Å². The molecule has 7 heteroatoms. The third-order valence-electron chi connectivity index (χ3n) is 1.27. The number of amides is 2. The van der Waals surface area contributed by atoms with E-state index in [1.54, 1.807) is 0 Å². The number of hydrogen-bond donors (Lipinski definition) is 0. The first-order valence-electron chi connectivity index (χ1n) is 5.02. The van der Waals surface area contributed by atoms with Crippen LogP contribution in [0.5, 0.6) is 0 Å². The Kier molecular flexibility index (Phi) is 43.8. The van der Waals surface area contributed by atoms with Crippen molar-refractivity contribution in [1.82, 2.24) is 0 Å². The SMILES string of the molecule is CC[N-]C(=O)CC.CC[N-]C(=O)CC.[F-].[F-].[Hf+4]. The van der Waals surface area contributed by atoms with Crippen LogP contribution in [0, 0.1) is 0 Å². The fourth-order valence-corrected chi connectivity index (χ4v) is 0.576. The summed E-state index contributed by atoms with van der Waals surface area (Å²) in [5, 5.41) is 7.21. The van der Waals surface area contributed by atoms with Crippen molar-refractivity contribution in [2.45, 2.75) is 40.5 Å². The van der Waals surface area contributed by atoms with E-state index < -0.39 is 0 Å². The van der Waals surface area contributed by atoms with Crippen molar-refractivity contribution in [3.63, 3.8) is 0 Å². The van der Waals surface area contributed by atoms with E-state index >= 15 is 0 Å². The number of halogens is 2. The van der Waals surface area contributed by atoms with Crippen LogP contribution in [0.25, 0.3) is 10.6 Å². The molecule has 17 heavy (non-hydrogen) atoms.